The second-order valence-corrected chi connectivity index (χ2v) is 5.64. The zero-order valence-corrected chi connectivity index (χ0v) is 13.3. The monoisotopic (exact) mass is 349 g/mol. The van der Waals surface area contributed by atoms with E-state index < -0.39 is 11.8 Å². The van der Waals surface area contributed by atoms with E-state index in [1.165, 1.54) is 37.4 Å². The van der Waals surface area contributed by atoms with Crippen molar-refractivity contribution >= 4 is 46.6 Å². The van der Waals surface area contributed by atoms with E-state index in [9.17, 15) is 14.4 Å². The Bertz CT molecular complexity index is 867. The van der Waals surface area contributed by atoms with E-state index in [1.807, 2.05) is 0 Å². The van der Waals surface area contributed by atoms with Crippen molar-refractivity contribution in [1.29, 1.82) is 0 Å². The van der Waals surface area contributed by atoms with E-state index >= 15 is 0 Å². The Morgan fingerprint density at radius 1 is 1.09 bits per heavy atom. The molecule has 2 aromatic rings. The Balaban J connectivity index is 1.90. The van der Waals surface area contributed by atoms with Gasteiger partial charge in [-0.2, -0.15) is 0 Å². The van der Waals surface area contributed by atoms with Crippen molar-refractivity contribution in [3.8, 4) is 0 Å². The van der Waals surface area contributed by atoms with Gasteiger partial charge in [0.15, 0.2) is 0 Å². The maximum absolute atomic E-state index is 12.2. The molecule has 0 saturated heterocycles. The van der Waals surface area contributed by atoms with Gasteiger partial charge in [-0.15, -0.1) is 0 Å². The third kappa shape index (κ3) is 2.67. The van der Waals surface area contributed by atoms with Crippen LogP contribution in [0, 0.1) is 0 Å². The fraction of sp³-hybridized carbons (Fsp3) is 0.0667. The van der Waals surface area contributed by atoms with Crippen LogP contribution in [0.1, 0.15) is 31.2 Å². The van der Waals surface area contributed by atoms with Crippen molar-refractivity contribution in [3.05, 3.63) is 57.3 Å². The average Bonchev–Trinajstić information content (AvgIpc) is 2.74. The van der Waals surface area contributed by atoms with Gasteiger partial charge in [0.1, 0.15) is 10.8 Å². The molecule has 0 radical (unpaired) electrons. The molecular weight excluding hydrogens is 341 g/mol. The van der Waals surface area contributed by atoms with E-state index in [0.717, 1.165) is 4.90 Å². The second-order valence-electron chi connectivity index (χ2n) is 4.85. The Hall–Kier alpha value is -2.44. The summed E-state index contributed by atoms with van der Waals surface area (Å²) < 4.78 is 0. The predicted molar refractivity (Wildman–Crippen MR) is 85.1 cm³/mol. The molecule has 0 unspecified atom stereocenters. The number of nitrogens with one attached hydrogen (secondary N) is 1. The van der Waals surface area contributed by atoms with Crippen molar-refractivity contribution in [2.24, 2.45) is 0 Å². The van der Waals surface area contributed by atoms with Gasteiger partial charge < -0.3 is 5.32 Å². The van der Waals surface area contributed by atoms with Crippen LogP contribution in [-0.2, 0) is 0 Å². The normalized spacial score (nSPS) is 13.3. The lowest BCUT2D eigenvalue weighted by Crippen LogP contribution is -2.24. The van der Waals surface area contributed by atoms with Crippen LogP contribution in [-0.4, -0.2) is 34.7 Å². The van der Waals surface area contributed by atoms with Gasteiger partial charge in [0.2, 0.25) is 0 Å². The first kappa shape index (κ1) is 15.5. The van der Waals surface area contributed by atoms with Gasteiger partial charge in [-0.1, -0.05) is 23.2 Å². The molecule has 0 aliphatic carbocycles. The van der Waals surface area contributed by atoms with Gasteiger partial charge in [-0.3, -0.25) is 19.3 Å². The van der Waals surface area contributed by atoms with Crippen LogP contribution in [0.3, 0.4) is 0 Å². The summed E-state index contributed by atoms with van der Waals surface area (Å²) in [5.41, 5.74) is 0.858. The third-order valence-electron chi connectivity index (χ3n) is 3.37. The molecule has 0 bridgehead atoms. The second kappa shape index (κ2) is 5.64. The lowest BCUT2D eigenvalue weighted by molar-refractivity contribution is 0.0692. The van der Waals surface area contributed by atoms with Crippen LogP contribution in [0.2, 0.25) is 10.2 Å². The largest absolute Gasteiger partial charge is 0.321 e. The van der Waals surface area contributed by atoms with Gasteiger partial charge in [0.25, 0.3) is 17.7 Å². The number of rotatable bonds is 2. The van der Waals surface area contributed by atoms with Crippen LogP contribution in [0.25, 0.3) is 0 Å². The molecule has 1 aliphatic heterocycles. The minimum absolute atomic E-state index is 0.0285. The molecule has 0 saturated carbocycles. The number of aromatic nitrogens is 1. The molecule has 1 aromatic heterocycles. The van der Waals surface area contributed by atoms with Crippen LogP contribution >= 0.6 is 23.2 Å². The van der Waals surface area contributed by atoms with Gasteiger partial charge in [0.05, 0.1) is 16.1 Å². The Morgan fingerprint density at radius 3 is 2.52 bits per heavy atom. The highest BCUT2D eigenvalue weighted by atomic mass is 35.5. The molecule has 1 aromatic carbocycles. The predicted octanol–water partition coefficient (Wildman–Crippen LogP) is 2.87. The first-order chi connectivity index (χ1) is 10.9. The van der Waals surface area contributed by atoms with Crippen molar-refractivity contribution in [2.75, 3.05) is 12.4 Å². The summed E-state index contributed by atoms with van der Waals surface area (Å²) in [4.78, 5) is 40.9. The molecule has 1 aliphatic rings. The lowest BCUT2D eigenvalue weighted by Gasteiger charge is -2.07. The SMILES string of the molecule is CN1C(=O)c2ccc(NC(=O)c3nc(Cl)ccc3Cl)cc2C1=O. The van der Waals surface area contributed by atoms with Gasteiger partial charge in [0, 0.05) is 12.7 Å². The van der Waals surface area contributed by atoms with E-state index in [-0.39, 0.29) is 27.3 Å². The minimum atomic E-state index is -0.567. The minimum Gasteiger partial charge on any atom is -0.321 e. The summed E-state index contributed by atoms with van der Waals surface area (Å²) in [5, 5.41) is 2.87. The quantitative estimate of drug-likeness (QED) is 0.667. The molecule has 116 valence electrons. The van der Waals surface area contributed by atoms with Gasteiger partial charge in [-0.25, -0.2) is 4.98 Å². The van der Waals surface area contributed by atoms with Crippen molar-refractivity contribution < 1.29 is 14.4 Å². The molecule has 3 rings (SSSR count). The van der Waals surface area contributed by atoms with E-state index in [0.29, 0.717) is 11.3 Å². The standard InChI is InChI=1S/C15H9Cl2N3O3/c1-20-14(22)8-3-2-7(6-9(8)15(20)23)18-13(21)12-10(16)4-5-11(17)19-12/h2-6H,1H3,(H,18,21). The van der Waals surface area contributed by atoms with Gasteiger partial charge in [-0.05, 0) is 30.3 Å². The van der Waals surface area contributed by atoms with Crippen molar-refractivity contribution in [1.82, 2.24) is 9.88 Å². The highest BCUT2D eigenvalue weighted by molar-refractivity contribution is 6.35. The fourth-order valence-corrected chi connectivity index (χ4v) is 2.55. The maximum atomic E-state index is 12.2. The number of anilines is 1. The van der Waals surface area contributed by atoms with E-state index in [1.54, 1.807) is 0 Å². The van der Waals surface area contributed by atoms with Crippen molar-refractivity contribution in [2.45, 2.75) is 0 Å². The smallest absolute Gasteiger partial charge is 0.275 e. The number of carbonyl (C=O) groups is 3. The Kier molecular flexibility index (Phi) is 3.79. The summed E-state index contributed by atoms with van der Waals surface area (Å²) in [6, 6.07) is 7.39. The topological polar surface area (TPSA) is 79.4 Å². The summed E-state index contributed by atoms with van der Waals surface area (Å²) >= 11 is 11.7. The molecule has 1 N–H and O–H groups in total. The summed E-state index contributed by atoms with van der Waals surface area (Å²) in [6.45, 7) is 0. The zero-order valence-electron chi connectivity index (χ0n) is 11.8. The van der Waals surface area contributed by atoms with E-state index in [2.05, 4.69) is 10.3 Å². The highest BCUT2D eigenvalue weighted by Gasteiger charge is 2.32. The number of carbonyl (C=O) groups excluding carboxylic acids is 3. The van der Waals surface area contributed by atoms with Gasteiger partial charge >= 0.3 is 0 Å². The molecule has 3 amide bonds. The average molecular weight is 350 g/mol. The Morgan fingerprint density at radius 2 is 1.78 bits per heavy atom. The van der Waals surface area contributed by atoms with Crippen LogP contribution in [0.5, 0.6) is 0 Å². The molecular formula is C15H9Cl2N3O3. The van der Waals surface area contributed by atoms with Crippen molar-refractivity contribution in [3.63, 3.8) is 0 Å². The number of benzene rings is 1. The molecule has 8 heteroatoms. The van der Waals surface area contributed by atoms with Crippen LogP contribution in [0.15, 0.2) is 30.3 Å². The number of fused-ring (bicyclic) bond motifs is 1. The van der Waals surface area contributed by atoms with Crippen LogP contribution < -0.4 is 5.32 Å². The fourth-order valence-electron chi connectivity index (χ4n) is 2.21. The first-order valence-electron chi connectivity index (χ1n) is 6.48. The number of amides is 3. The maximum Gasteiger partial charge on any atom is 0.275 e. The molecule has 2 heterocycles. The number of hydrogen-bond acceptors (Lipinski definition) is 4. The summed E-state index contributed by atoms with van der Waals surface area (Å²) in [7, 11) is 1.40. The molecule has 0 spiro atoms. The first-order valence-corrected chi connectivity index (χ1v) is 7.24. The molecule has 23 heavy (non-hydrogen) atoms. The Labute approximate surface area is 141 Å². The zero-order chi connectivity index (χ0) is 16.7. The molecule has 6 nitrogen and oxygen atoms in total. The molecule has 0 fully saturated rings. The highest BCUT2D eigenvalue weighted by Crippen LogP contribution is 2.25. The number of halogens is 2. The number of imide groups is 1. The number of hydrogen-bond donors (Lipinski definition) is 1. The third-order valence-corrected chi connectivity index (χ3v) is 3.89. The number of nitrogens with zero attached hydrogens (tertiary/aromatic N) is 2. The summed E-state index contributed by atoms with van der Waals surface area (Å²) in [6.07, 6.45) is 0. The van der Waals surface area contributed by atoms with Crippen LogP contribution in [0.4, 0.5) is 5.69 Å². The number of pyridine rings is 1. The summed E-state index contributed by atoms with van der Waals surface area (Å²) in [5.74, 6) is -1.36. The van der Waals surface area contributed by atoms with E-state index in [4.69, 9.17) is 23.2 Å². The molecule has 0 atom stereocenters. The lowest BCUT2D eigenvalue weighted by atomic mass is 10.1.